The lowest BCUT2D eigenvalue weighted by atomic mass is 10.1. The third-order valence-electron chi connectivity index (χ3n) is 4.31. The van der Waals surface area contributed by atoms with Gasteiger partial charge in [-0.15, -0.1) is 0 Å². The van der Waals surface area contributed by atoms with Crippen LogP contribution in [0.15, 0.2) is 48.5 Å². The molecule has 0 heterocycles. The number of likely N-dealkylation sites (N-methyl/N-ethyl adjacent to an activating group) is 1. The highest BCUT2D eigenvalue weighted by Gasteiger charge is 2.21. The SMILES string of the molecule is CC.CC.CCCOc1cc([N+](=O)[O-])ccc1C(=O)OC[C@H](Cc1ccccc1)N(C)C. The van der Waals surface area contributed by atoms with E-state index in [1.165, 1.54) is 18.2 Å². The maximum absolute atomic E-state index is 12.6. The predicted octanol–water partition coefficient (Wildman–Crippen LogP) is 5.77. The van der Waals surface area contributed by atoms with Gasteiger partial charge < -0.3 is 14.4 Å². The smallest absolute Gasteiger partial charge is 0.341 e. The molecule has 0 aliphatic carbocycles. The van der Waals surface area contributed by atoms with Gasteiger partial charge in [0.2, 0.25) is 0 Å². The lowest BCUT2D eigenvalue weighted by Gasteiger charge is -2.24. The number of hydrogen-bond donors (Lipinski definition) is 0. The second-order valence-corrected chi connectivity index (χ2v) is 6.69. The summed E-state index contributed by atoms with van der Waals surface area (Å²) >= 11 is 0. The van der Waals surface area contributed by atoms with E-state index in [9.17, 15) is 14.9 Å². The summed E-state index contributed by atoms with van der Waals surface area (Å²) in [6.45, 7) is 10.5. The van der Waals surface area contributed by atoms with Crippen LogP contribution in [0.3, 0.4) is 0 Å². The Balaban J connectivity index is 0.00000227. The lowest BCUT2D eigenvalue weighted by Crippen LogP contribution is -2.35. The van der Waals surface area contributed by atoms with Gasteiger partial charge in [0.25, 0.3) is 5.69 Å². The van der Waals surface area contributed by atoms with Gasteiger partial charge in [-0.25, -0.2) is 4.79 Å². The van der Waals surface area contributed by atoms with E-state index < -0.39 is 10.9 Å². The fourth-order valence-electron chi connectivity index (χ4n) is 2.65. The number of nitro benzene ring substituents is 1. The molecule has 32 heavy (non-hydrogen) atoms. The Kier molecular flexibility index (Phi) is 15.2. The Hall–Kier alpha value is -2.93. The first kappa shape index (κ1) is 29.1. The first-order valence-electron chi connectivity index (χ1n) is 11.2. The monoisotopic (exact) mass is 446 g/mol. The third kappa shape index (κ3) is 9.92. The number of nitrogens with zero attached hydrogens (tertiary/aromatic N) is 2. The number of hydrogen-bond acceptors (Lipinski definition) is 6. The topological polar surface area (TPSA) is 81.9 Å². The molecule has 1 atom stereocenters. The van der Waals surface area contributed by atoms with Crippen LogP contribution in [0.4, 0.5) is 5.69 Å². The number of nitro groups is 1. The zero-order valence-electron chi connectivity index (χ0n) is 20.5. The molecule has 0 radical (unpaired) electrons. The zero-order chi connectivity index (χ0) is 24.5. The molecule has 178 valence electrons. The minimum Gasteiger partial charge on any atom is -0.492 e. The third-order valence-corrected chi connectivity index (χ3v) is 4.31. The van der Waals surface area contributed by atoms with E-state index in [1.807, 2.05) is 83.9 Å². The molecule has 0 fully saturated rings. The van der Waals surface area contributed by atoms with Gasteiger partial charge in [-0.2, -0.15) is 0 Å². The number of rotatable bonds is 10. The van der Waals surface area contributed by atoms with Crippen LogP contribution in [-0.4, -0.2) is 49.1 Å². The van der Waals surface area contributed by atoms with Gasteiger partial charge in [-0.05, 0) is 38.6 Å². The van der Waals surface area contributed by atoms with Crippen LogP contribution in [0, 0.1) is 10.1 Å². The minimum atomic E-state index is -0.555. The molecule has 0 aliphatic rings. The summed E-state index contributed by atoms with van der Waals surface area (Å²) in [7, 11) is 3.87. The van der Waals surface area contributed by atoms with Crippen LogP contribution >= 0.6 is 0 Å². The molecule has 0 bridgehead atoms. The second kappa shape index (κ2) is 16.7. The Morgan fingerprint density at radius 2 is 1.69 bits per heavy atom. The molecule has 0 N–H and O–H groups in total. The van der Waals surface area contributed by atoms with Crippen molar-refractivity contribution in [1.82, 2.24) is 4.90 Å². The van der Waals surface area contributed by atoms with Crippen molar-refractivity contribution in [3.05, 3.63) is 69.8 Å². The van der Waals surface area contributed by atoms with Crippen molar-refractivity contribution in [2.45, 2.75) is 53.5 Å². The molecule has 7 heteroatoms. The van der Waals surface area contributed by atoms with Gasteiger partial charge in [-0.3, -0.25) is 10.1 Å². The van der Waals surface area contributed by atoms with Crippen LogP contribution in [0.1, 0.15) is 57.0 Å². The minimum absolute atomic E-state index is 0.00408. The van der Waals surface area contributed by atoms with Crippen molar-refractivity contribution in [2.24, 2.45) is 0 Å². The number of carbonyl (C=O) groups excluding carboxylic acids is 1. The van der Waals surface area contributed by atoms with Crippen LogP contribution < -0.4 is 4.74 Å². The van der Waals surface area contributed by atoms with Gasteiger partial charge >= 0.3 is 5.97 Å². The van der Waals surface area contributed by atoms with Gasteiger partial charge in [0.05, 0.1) is 17.6 Å². The summed E-state index contributed by atoms with van der Waals surface area (Å²) in [5.74, 6) is -0.383. The first-order valence-corrected chi connectivity index (χ1v) is 11.2. The van der Waals surface area contributed by atoms with Crippen molar-refractivity contribution in [3.8, 4) is 5.75 Å². The highest BCUT2D eigenvalue weighted by molar-refractivity contribution is 5.93. The Bertz CT molecular complexity index is 794. The fraction of sp³-hybridized carbons (Fsp3) is 0.480. The molecule has 2 aromatic carbocycles. The number of esters is 1. The molecule has 0 aliphatic heterocycles. The van der Waals surface area contributed by atoms with E-state index >= 15 is 0 Å². The summed E-state index contributed by atoms with van der Waals surface area (Å²) in [4.78, 5) is 25.1. The highest BCUT2D eigenvalue weighted by Crippen LogP contribution is 2.26. The van der Waals surface area contributed by atoms with Crippen LogP contribution in [0.2, 0.25) is 0 Å². The number of benzene rings is 2. The molecule has 0 aromatic heterocycles. The largest absolute Gasteiger partial charge is 0.492 e. The number of carbonyl (C=O) groups is 1. The fourth-order valence-corrected chi connectivity index (χ4v) is 2.65. The maximum atomic E-state index is 12.6. The van der Waals surface area contributed by atoms with Gasteiger partial charge in [0, 0.05) is 12.1 Å². The standard InChI is InChI=1S/C21H26N2O5.2C2H6/c1-4-12-27-20-14-17(23(25)26)10-11-19(20)21(24)28-15-18(22(2)3)13-16-8-6-5-7-9-16;2*1-2/h5-11,14,18H,4,12-13,15H2,1-3H3;2*1-2H3/t18-;;/m0../s1. The van der Waals surface area contributed by atoms with Crippen molar-refractivity contribution < 1.29 is 19.2 Å². The Morgan fingerprint density at radius 3 is 2.22 bits per heavy atom. The highest BCUT2D eigenvalue weighted by atomic mass is 16.6. The summed E-state index contributed by atoms with van der Waals surface area (Å²) in [5, 5.41) is 11.0. The molecule has 2 aromatic rings. The van der Waals surface area contributed by atoms with Crippen molar-refractivity contribution >= 4 is 11.7 Å². The van der Waals surface area contributed by atoms with E-state index in [-0.39, 0.29) is 29.6 Å². The maximum Gasteiger partial charge on any atom is 0.341 e. The molecule has 0 saturated heterocycles. The number of non-ortho nitro benzene ring substituents is 1. The van der Waals surface area contributed by atoms with E-state index in [2.05, 4.69) is 0 Å². The van der Waals surface area contributed by atoms with E-state index in [0.717, 1.165) is 18.4 Å². The average Bonchev–Trinajstić information content (AvgIpc) is 2.83. The molecule has 0 spiro atoms. The summed E-state index contributed by atoms with van der Waals surface area (Å²) in [6, 6.07) is 13.9. The lowest BCUT2D eigenvalue weighted by molar-refractivity contribution is -0.384. The van der Waals surface area contributed by atoms with Crippen molar-refractivity contribution in [2.75, 3.05) is 27.3 Å². The molecule has 0 saturated carbocycles. The number of ether oxygens (including phenoxy) is 2. The molecule has 0 unspecified atom stereocenters. The molecule has 0 amide bonds. The average molecular weight is 447 g/mol. The second-order valence-electron chi connectivity index (χ2n) is 6.69. The quantitative estimate of drug-likeness (QED) is 0.262. The van der Waals surface area contributed by atoms with Gasteiger partial charge in [-0.1, -0.05) is 65.0 Å². The van der Waals surface area contributed by atoms with E-state index in [1.54, 1.807) is 0 Å². The molecule has 2 rings (SSSR count). The molecular formula is C25H38N2O5. The normalized spacial score (nSPS) is 10.8. The predicted molar refractivity (Wildman–Crippen MR) is 129 cm³/mol. The van der Waals surface area contributed by atoms with Gasteiger partial charge in [0.1, 0.15) is 17.9 Å². The molecular weight excluding hydrogens is 408 g/mol. The van der Waals surface area contributed by atoms with Gasteiger partial charge in [0.15, 0.2) is 0 Å². The first-order chi connectivity index (χ1) is 15.4. The Labute approximate surface area is 192 Å². The van der Waals surface area contributed by atoms with E-state index in [0.29, 0.717) is 6.61 Å². The summed E-state index contributed by atoms with van der Waals surface area (Å²) in [5.41, 5.74) is 1.22. The van der Waals surface area contributed by atoms with Crippen LogP contribution in [0.5, 0.6) is 5.75 Å². The van der Waals surface area contributed by atoms with E-state index in [4.69, 9.17) is 9.47 Å². The van der Waals surface area contributed by atoms with Crippen molar-refractivity contribution in [1.29, 1.82) is 0 Å². The van der Waals surface area contributed by atoms with Crippen molar-refractivity contribution in [3.63, 3.8) is 0 Å². The summed E-state index contributed by atoms with van der Waals surface area (Å²) < 4.78 is 11.0. The van der Waals surface area contributed by atoms with Crippen LogP contribution in [-0.2, 0) is 11.2 Å². The zero-order valence-corrected chi connectivity index (χ0v) is 20.5. The summed E-state index contributed by atoms with van der Waals surface area (Å²) in [6.07, 6.45) is 1.46. The Morgan fingerprint density at radius 1 is 1.06 bits per heavy atom. The van der Waals surface area contributed by atoms with Crippen LogP contribution in [0.25, 0.3) is 0 Å². The molecule has 7 nitrogen and oxygen atoms in total.